The number of hydrogen-bond acceptors (Lipinski definition) is 2. The standard InChI is InChI=1S/2C9H8O/c2*1-7-6-8-4-2-3-5-9(8)10-7/h2*2-6H,1H3. The van der Waals surface area contributed by atoms with E-state index in [4.69, 9.17) is 8.83 Å². The second kappa shape index (κ2) is 5.25. The van der Waals surface area contributed by atoms with Crippen LogP contribution in [-0.4, -0.2) is 0 Å². The first-order chi connectivity index (χ1) is 9.72. The van der Waals surface area contributed by atoms with Gasteiger partial charge in [-0.15, -0.1) is 0 Å². The molecule has 0 atom stereocenters. The maximum Gasteiger partial charge on any atom is 0.134 e. The first-order valence-corrected chi connectivity index (χ1v) is 6.63. The van der Waals surface area contributed by atoms with Crippen LogP contribution in [0.15, 0.2) is 69.5 Å². The third-order valence-corrected chi connectivity index (χ3v) is 3.10. The summed E-state index contributed by atoms with van der Waals surface area (Å²) in [5.41, 5.74) is 1.94. The first kappa shape index (κ1) is 12.5. The molecule has 0 aliphatic carbocycles. The lowest BCUT2D eigenvalue weighted by atomic mass is 10.2. The molecule has 0 aliphatic heterocycles. The Kier molecular flexibility index (Phi) is 3.30. The highest BCUT2D eigenvalue weighted by Crippen LogP contribution is 2.17. The number of fused-ring (bicyclic) bond motifs is 2. The first-order valence-electron chi connectivity index (χ1n) is 6.63. The second-order valence-electron chi connectivity index (χ2n) is 4.79. The summed E-state index contributed by atoms with van der Waals surface area (Å²) in [7, 11) is 0. The van der Waals surface area contributed by atoms with Crippen molar-refractivity contribution < 1.29 is 8.83 Å². The maximum atomic E-state index is 5.37. The van der Waals surface area contributed by atoms with Crippen LogP contribution in [0.5, 0.6) is 0 Å². The van der Waals surface area contributed by atoms with E-state index in [0.29, 0.717) is 0 Å². The summed E-state index contributed by atoms with van der Waals surface area (Å²) in [4.78, 5) is 0. The summed E-state index contributed by atoms with van der Waals surface area (Å²) in [6.07, 6.45) is 0. The number of hydrogen-bond donors (Lipinski definition) is 0. The molecule has 0 fully saturated rings. The Bertz CT molecular complexity index is 699. The number of benzene rings is 2. The molecule has 0 bridgehead atoms. The zero-order valence-corrected chi connectivity index (χ0v) is 11.6. The van der Waals surface area contributed by atoms with Crippen molar-refractivity contribution >= 4 is 21.9 Å². The molecule has 4 rings (SSSR count). The minimum absolute atomic E-state index is 0.972. The SMILES string of the molecule is Cc1cc2ccccc2o1.Cc1cc2ccccc2o1. The molecule has 0 radical (unpaired) electrons. The van der Waals surface area contributed by atoms with Crippen molar-refractivity contribution in [3.05, 3.63) is 72.2 Å². The predicted octanol–water partition coefficient (Wildman–Crippen LogP) is 5.48. The average Bonchev–Trinajstić information content (AvgIpc) is 2.99. The molecule has 0 amide bonds. The molecular weight excluding hydrogens is 248 g/mol. The Balaban J connectivity index is 0.000000121. The van der Waals surface area contributed by atoms with Crippen LogP contribution in [0.4, 0.5) is 0 Å². The van der Waals surface area contributed by atoms with Gasteiger partial charge in [0.25, 0.3) is 0 Å². The number of para-hydroxylation sites is 2. The molecule has 2 aromatic carbocycles. The Morgan fingerprint density at radius 2 is 1.00 bits per heavy atom. The topological polar surface area (TPSA) is 26.3 Å². The second-order valence-corrected chi connectivity index (χ2v) is 4.79. The van der Waals surface area contributed by atoms with Gasteiger partial charge in [-0.05, 0) is 38.1 Å². The van der Waals surface area contributed by atoms with Gasteiger partial charge in [0.2, 0.25) is 0 Å². The molecule has 0 spiro atoms. The van der Waals surface area contributed by atoms with Gasteiger partial charge in [0, 0.05) is 10.8 Å². The Labute approximate surface area is 117 Å². The van der Waals surface area contributed by atoms with Gasteiger partial charge < -0.3 is 8.83 Å². The largest absolute Gasteiger partial charge is 0.461 e. The average molecular weight is 264 g/mol. The zero-order valence-electron chi connectivity index (χ0n) is 11.6. The summed E-state index contributed by atoms with van der Waals surface area (Å²) in [5.74, 6) is 1.95. The molecule has 100 valence electrons. The fourth-order valence-corrected chi connectivity index (χ4v) is 2.23. The molecule has 0 unspecified atom stereocenters. The highest BCUT2D eigenvalue weighted by Gasteiger charge is 1.96. The molecule has 0 aliphatic rings. The summed E-state index contributed by atoms with van der Waals surface area (Å²) in [6, 6.07) is 20.1. The van der Waals surface area contributed by atoms with Gasteiger partial charge in [-0.3, -0.25) is 0 Å². The molecular formula is C18H16O2. The smallest absolute Gasteiger partial charge is 0.134 e. The molecule has 2 heteroatoms. The lowest BCUT2D eigenvalue weighted by Crippen LogP contribution is -1.57. The summed E-state index contributed by atoms with van der Waals surface area (Å²) in [5, 5.41) is 2.36. The Morgan fingerprint density at radius 1 is 0.600 bits per heavy atom. The zero-order chi connectivity index (χ0) is 13.9. The van der Waals surface area contributed by atoms with Crippen LogP contribution in [0.25, 0.3) is 21.9 Å². The molecule has 0 saturated heterocycles. The van der Waals surface area contributed by atoms with E-state index in [1.165, 1.54) is 10.8 Å². The van der Waals surface area contributed by atoms with Gasteiger partial charge in [-0.2, -0.15) is 0 Å². The molecule has 2 heterocycles. The molecule has 2 aromatic heterocycles. The number of aryl methyl sites for hydroxylation is 2. The van der Waals surface area contributed by atoms with Crippen LogP contribution in [0.2, 0.25) is 0 Å². The molecule has 4 aromatic rings. The van der Waals surface area contributed by atoms with Gasteiger partial charge in [-0.25, -0.2) is 0 Å². The molecule has 0 N–H and O–H groups in total. The van der Waals surface area contributed by atoms with Crippen molar-refractivity contribution in [1.82, 2.24) is 0 Å². The van der Waals surface area contributed by atoms with Gasteiger partial charge in [0.15, 0.2) is 0 Å². The third kappa shape index (κ3) is 2.59. The Morgan fingerprint density at radius 3 is 1.40 bits per heavy atom. The maximum absolute atomic E-state index is 5.37. The number of furan rings is 2. The lowest BCUT2D eigenvalue weighted by Gasteiger charge is -1.82. The fraction of sp³-hybridized carbons (Fsp3) is 0.111. The van der Waals surface area contributed by atoms with E-state index in [9.17, 15) is 0 Å². The highest BCUT2D eigenvalue weighted by atomic mass is 16.3. The van der Waals surface area contributed by atoms with Crippen molar-refractivity contribution in [2.45, 2.75) is 13.8 Å². The lowest BCUT2D eigenvalue weighted by molar-refractivity contribution is 0.578. The number of rotatable bonds is 0. The summed E-state index contributed by atoms with van der Waals surface area (Å²) < 4.78 is 10.7. The third-order valence-electron chi connectivity index (χ3n) is 3.10. The van der Waals surface area contributed by atoms with Gasteiger partial charge in [0.05, 0.1) is 0 Å². The van der Waals surface area contributed by atoms with Crippen molar-refractivity contribution in [3.8, 4) is 0 Å². The van der Waals surface area contributed by atoms with Crippen LogP contribution in [0.1, 0.15) is 11.5 Å². The van der Waals surface area contributed by atoms with E-state index in [0.717, 1.165) is 22.7 Å². The van der Waals surface area contributed by atoms with Gasteiger partial charge >= 0.3 is 0 Å². The Hall–Kier alpha value is -2.48. The normalized spacial score (nSPS) is 10.5. The van der Waals surface area contributed by atoms with E-state index in [2.05, 4.69) is 0 Å². The van der Waals surface area contributed by atoms with E-state index in [1.54, 1.807) is 0 Å². The van der Waals surface area contributed by atoms with Crippen LogP contribution < -0.4 is 0 Å². The van der Waals surface area contributed by atoms with E-state index in [-0.39, 0.29) is 0 Å². The van der Waals surface area contributed by atoms with Crippen molar-refractivity contribution in [1.29, 1.82) is 0 Å². The van der Waals surface area contributed by atoms with Crippen LogP contribution in [0.3, 0.4) is 0 Å². The predicted molar refractivity (Wildman–Crippen MR) is 81.9 cm³/mol. The van der Waals surface area contributed by atoms with E-state index in [1.807, 2.05) is 74.5 Å². The molecule has 0 saturated carbocycles. The van der Waals surface area contributed by atoms with E-state index < -0.39 is 0 Å². The fourth-order valence-electron chi connectivity index (χ4n) is 2.23. The molecule has 20 heavy (non-hydrogen) atoms. The van der Waals surface area contributed by atoms with Gasteiger partial charge in [-0.1, -0.05) is 36.4 Å². The van der Waals surface area contributed by atoms with Crippen molar-refractivity contribution in [3.63, 3.8) is 0 Å². The van der Waals surface area contributed by atoms with Crippen LogP contribution in [0, 0.1) is 13.8 Å². The van der Waals surface area contributed by atoms with Gasteiger partial charge in [0.1, 0.15) is 22.7 Å². The van der Waals surface area contributed by atoms with Crippen molar-refractivity contribution in [2.24, 2.45) is 0 Å². The van der Waals surface area contributed by atoms with Crippen LogP contribution in [-0.2, 0) is 0 Å². The highest BCUT2D eigenvalue weighted by molar-refractivity contribution is 5.78. The van der Waals surface area contributed by atoms with E-state index >= 15 is 0 Å². The monoisotopic (exact) mass is 264 g/mol. The minimum Gasteiger partial charge on any atom is -0.461 e. The quantitative estimate of drug-likeness (QED) is 0.420. The summed E-state index contributed by atoms with van der Waals surface area (Å²) in [6.45, 7) is 3.92. The molecule has 2 nitrogen and oxygen atoms in total. The summed E-state index contributed by atoms with van der Waals surface area (Å²) >= 11 is 0. The van der Waals surface area contributed by atoms with Crippen LogP contribution >= 0.6 is 0 Å². The minimum atomic E-state index is 0.972. The van der Waals surface area contributed by atoms with Crippen molar-refractivity contribution in [2.75, 3.05) is 0 Å².